The van der Waals surface area contributed by atoms with Crippen molar-refractivity contribution >= 4 is 6.29 Å². The van der Waals surface area contributed by atoms with Gasteiger partial charge >= 0.3 is 12.4 Å². The van der Waals surface area contributed by atoms with E-state index in [4.69, 9.17) is 0 Å². The first kappa shape index (κ1) is 13.5. The van der Waals surface area contributed by atoms with Gasteiger partial charge in [-0.15, -0.1) is 0 Å². The summed E-state index contributed by atoms with van der Waals surface area (Å²) in [5.41, 5.74) is -5.29. The van der Waals surface area contributed by atoms with Crippen molar-refractivity contribution in [2.24, 2.45) is 0 Å². The van der Waals surface area contributed by atoms with Crippen molar-refractivity contribution in [1.29, 1.82) is 0 Å². The fraction of sp³-hybridized carbons (Fsp3) is 0.222. The molecule has 0 unspecified atom stereocenters. The number of halogens is 7. The Hall–Kier alpha value is -1.60. The monoisotopic (exact) mass is 260 g/mol. The van der Waals surface area contributed by atoms with E-state index in [1.165, 1.54) is 0 Å². The molecule has 0 aliphatic heterocycles. The van der Waals surface area contributed by atoms with E-state index >= 15 is 0 Å². The maximum Gasteiger partial charge on any atom is 0.419 e. The number of aldehydes is 1. The molecule has 0 aliphatic rings. The van der Waals surface area contributed by atoms with E-state index in [-0.39, 0.29) is 12.1 Å². The number of benzene rings is 1. The van der Waals surface area contributed by atoms with Crippen molar-refractivity contribution in [2.45, 2.75) is 12.4 Å². The van der Waals surface area contributed by atoms with Gasteiger partial charge in [-0.1, -0.05) is 0 Å². The molecule has 0 N–H and O–H groups in total. The van der Waals surface area contributed by atoms with Gasteiger partial charge in [-0.3, -0.25) is 4.79 Å². The van der Waals surface area contributed by atoms with Crippen molar-refractivity contribution < 1.29 is 35.5 Å². The zero-order chi connectivity index (χ0) is 13.4. The summed E-state index contributed by atoms with van der Waals surface area (Å²) in [6, 6.07) is -0.0270. The number of hydrogen-bond acceptors (Lipinski definition) is 1. The van der Waals surface area contributed by atoms with Crippen molar-refractivity contribution in [2.75, 3.05) is 0 Å². The van der Waals surface area contributed by atoms with Gasteiger partial charge in [-0.2, -0.15) is 26.3 Å². The normalized spacial score (nSPS) is 12.6. The van der Waals surface area contributed by atoms with E-state index in [1.54, 1.807) is 0 Å². The zero-order valence-electron chi connectivity index (χ0n) is 7.79. The summed E-state index contributed by atoms with van der Waals surface area (Å²) in [6.07, 6.45) is -10.8. The highest BCUT2D eigenvalue weighted by Gasteiger charge is 2.40. The maximum absolute atomic E-state index is 13.1. The fourth-order valence-corrected chi connectivity index (χ4v) is 1.17. The van der Waals surface area contributed by atoms with Crippen LogP contribution in [0.3, 0.4) is 0 Å². The predicted octanol–water partition coefficient (Wildman–Crippen LogP) is 3.68. The van der Waals surface area contributed by atoms with Crippen LogP contribution in [0.4, 0.5) is 30.7 Å². The first-order valence-electron chi connectivity index (χ1n) is 4.01. The van der Waals surface area contributed by atoms with E-state index in [2.05, 4.69) is 0 Å². The Balaban J connectivity index is 3.54. The summed E-state index contributed by atoms with van der Waals surface area (Å²) in [6.45, 7) is 0. The Labute approximate surface area is 89.8 Å². The average Bonchev–Trinajstić information content (AvgIpc) is 2.13. The first-order chi connectivity index (χ1) is 7.59. The molecule has 0 fully saturated rings. The molecule has 17 heavy (non-hydrogen) atoms. The van der Waals surface area contributed by atoms with Gasteiger partial charge < -0.3 is 0 Å². The molecule has 94 valence electrons. The Kier molecular flexibility index (Phi) is 3.17. The Morgan fingerprint density at radius 2 is 1.29 bits per heavy atom. The van der Waals surface area contributed by atoms with Gasteiger partial charge in [-0.25, -0.2) is 4.39 Å². The van der Waals surface area contributed by atoms with Gasteiger partial charge in [-0.05, 0) is 12.1 Å². The quantitative estimate of drug-likeness (QED) is 0.556. The largest absolute Gasteiger partial charge is 0.419 e. The summed E-state index contributed by atoms with van der Waals surface area (Å²) in [7, 11) is 0. The van der Waals surface area contributed by atoms with Gasteiger partial charge in [0.2, 0.25) is 0 Å². The molecule has 0 aliphatic carbocycles. The molecule has 1 aromatic carbocycles. The molecule has 0 atom stereocenters. The molecular weight excluding hydrogens is 257 g/mol. The Morgan fingerprint density at radius 3 is 1.65 bits per heavy atom. The zero-order valence-corrected chi connectivity index (χ0v) is 7.79. The summed E-state index contributed by atoms with van der Waals surface area (Å²) in [5, 5.41) is 0. The fourth-order valence-electron chi connectivity index (χ4n) is 1.17. The van der Waals surface area contributed by atoms with Gasteiger partial charge in [0, 0.05) is 0 Å². The molecular formula is C9H3F7O. The number of hydrogen-bond donors (Lipinski definition) is 0. The van der Waals surface area contributed by atoms with Crippen LogP contribution in [0.5, 0.6) is 0 Å². The molecule has 0 aromatic heterocycles. The molecule has 1 rings (SSSR count). The molecule has 0 amide bonds. The van der Waals surface area contributed by atoms with Gasteiger partial charge in [0.25, 0.3) is 0 Å². The minimum Gasteiger partial charge on any atom is -0.298 e. The standard InChI is InChI=1S/C9H3F7O/c10-7-4(3-17)5(8(11,12)13)1-2-6(7)9(14,15)16/h1-3H. The van der Waals surface area contributed by atoms with Crippen molar-refractivity contribution in [1.82, 2.24) is 0 Å². The first-order valence-corrected chi connectivity index (χ1v) is 4.01. The van der Waals surface area contributed by atoms with Crippen LogP contribution in [0.1, 0.15) is 21.5 Å². The van der Waals surface area contributed by atoms with Crippen LogP contribution >= 0.6 is 0 Å². The molecule has 0 bridgehead atoms. The van der Waals surface area contributed by atoms with Crippen molar-refractivity contribution in [3.63, 3.8) is 0 Å². The lowest BCUT2D eigenvalue weighted by atomic mass is 10.0. The third kappa shape index (κ3) is 2.56. The summed E-state index contributed by atoms with van der Waals surface area (Å²) < 4.78 is 86.3. The average molecular weight is 260 g/mol. The lowest BCUT2D eigenvalue weighted by Gasteiger charge is -2.14. The lowest BCUT2D eigenvalue weighted by molar-refractivity contribution is -0.143. The van der Waals surface area contributed by atoms with E-state index in [0.29, 0.717) is 0 Å². The van der Waals surface area contributed by atoms with Gasteiger partial charge in [0.05, 0.1) is 16.7 Å². The van der Waals surface area contributed by atoms with E-state index in [1.807, 2.05) is 0 Å². The van der Waals surface area contributed by atoms with Crippen LogP contribution in [0.15, 0.2) is 12.1 Å². The van der Waals surface area contributed by atoms with Crippen molar-refractivity contribution in [3.05, 3.63) is 34.6 Å². The summed E-state index contributed by atoms with van der Waals surface area (Å²) in [4.78, 5) is 10.3. The highest BCUT2D eigenvalue weighted by molar-refractivity contribution is 5.78. The highest BCUT2D eigenvalue weighted by Crippen LogP contribution is 2.37. The van der Waals surface area contributed by atoms with Crippen LogP contribution in [-0.4, -0.2) is 6.29 Å². The van der Waals surface area contributed by atoms with Crippen LogP contribution in [0.25, 0.3) is 0 Å². The summed E-state index contributed by atoms with van der Waals surface area (Å²) >= 11 is 0. The van der Waals surface area contributed by atoms with Crippen LogP contribution in [0.2, 0.25) is 0 Å². The maximum atomic E-state index is 13.1. The Morgan fingerprint density at radius 1 is 0.882 bits per heavy atom. The number of alkyl halides is 6. The van der Waals surface area contributed by atoms with Gasteiger partial charge in [0.1, 0.15) is 5.82 Å². The SMILES string of the molecule is O=Cc1c(C(F)(F)F)ccc(C(F)(F)F)c1F. The van der Waals surface area contributed by atoms with Crippen molar-refractivity contribution in [3.8, 4) is 0 Å². The molecule has 0 spiro atoms. The van der Waals surface area contributed by atoms with E-state index in [0.717, 1.165) is 0 Å². The third-order valence-electron chi connectivity index (χ3n) is 1.91. The Bertz CT molecular complexity index is 444. The summed E-state index contributed by atoms with van der Waals surface area (Å²) in [5.74, 6) is -2.22. The molecule has 8 heteroatoms. The molecule has 0 radical (unpaired) electrons. The number of carbonyl (C=O) groups is 1. The predicted molar refractivity (Wildman–Crippen MR) is 41.8 cm³/mol. The second-order valence-corrected chi connectivity index (χ2v) is 3.00. The van der Waals surface area contributed by atoms with E-state index < -0.39 is 41.1 Å². The van der Waals surface area contributed by atoms with Crippen LogP contribution in [-0.2, 0) is 12.4 Å². The number of carbonyl (C=O) groups excluding carboxylic acids is 1. The lowest BCUT2D eigenvalue weighted by Crippen LogP contribution is -2.16. The van der Waals surface area contributed by atoms with Crippen LogP contribution in [0, 0.1) is 5.82 Å². The second kappa shape index (κ2) is 4.01. The molecule has 0 saturated carbocycles. The molecule has 0 saturated heterocycles. The molecule has 1 nitrogen and oxygen atoms in total. The topological polar surface area (TPSA) is 17.1 Å². The molecule has 1 aromatic rings. The minimum absolute atomic E-state index is 0.0234. The minimum atomic E-state index is -5.16. The van der Waals surface area contributed by atoms with Crippen LogP contribution < -0.4 is 0 Å². The third-order valence-corrected chi connectivity index (χ3v) is 1.91. The van der Waals surface area contributed by atoms with E-state index in [9.17, 15) is 35.5 Å². The smallest absolute Gasteiger partial charge is 0.298 e. The highest BCUT2D eigenvalue weighted by atomic mass is 19.4. The van der Waals surface area contributed by atoms with Gasteiger partial charge in [0.15, 0.2) is 6.29 Å². The second-order valence-electron chi connectivity index (χ2n) is 3.00. The molecule has 0 heterocycles. The number of rotatable bonds is 1.